The average molecular weight is 277 g/mol. The van der Waals surface area contributed by atoms with Gasteiger partial charge in [-0.2, -0.15) is 5.10 Å². The molecule has 1 atom stereocenters. The summed E-state index contributed by atoms with van der Waals surface area (Å²) in [5.41, 5.74) is 7.78. The zero-order chi connectivity index (χ0) is 13.2. The predicted molar refractivity (Wildman–Crippen MR) is 73.7 cm³/mol. The number of nitrogen functional groups attached to an aromatic ring is 1. The van der Waals surface area contributed by atoms with Gasteiger partial charge in [-0.15, -0.1) is 0 Å². The fourth-order valence-electron chi connectivity index (χ4n) is 2.14. The Balaban J connectivity index is 1.96. The van der Waals surface area contributed by atoms with E-state index in [9.17, 15) is 0 Å². The van der Waals surface area contributed by atoms with Gasteiger partial charge in [-0.05, 0) is 25.2 Å². The zero-order valence-corrected chi connectivity index (χ0v) is 11.4. The molecule has 0 saturated carbocycles. The van der Waals surface area contributed by atoms with Crippen molar-refractivity contribution in [3.63, 3.8) is 0 Å². The quantitative estimate of drug-likeness (QED) is 0.682. The second-order valence-electron chi connectivity index (χ2n) is 4.28. The highest BCUT2D eigenvalue weighted by Gasteiger charge is 2.22. The number of rotatable bonds is 3. The number of hydrogen-bond donors (Lipinski definition) is 1. The lowest BCUT2D eigenvalue weighted by atomic mass is 10.2. The normalized spacial score (nSPS) is 18.9. The number of hydrogen-bond acceptors (Lipinski definition) is 6. The van der Waals surface area contributed by atoms with Gasteiger partial charge in [-0.3, -0.25) is 0 Å². The summed E-state index contributed by atoms with van der Waals surface area (Å²) in [5.74, 6) is 0.595. The van der Waals surface area contributed by atoms with Crippen molar-refractivity contribution in [3.8, 4) is 11.3 Å². The third kappa shape index (κ3) is 2.31. The Morgan fingerprint density at radius 2 is 2.42 bits per heavy atom. The Hall–Kier alpha value is -1.60. The van der Waals surface area contributed by atoms with Gasteiger partial charge in [-0.25, -0.2) is 14.6 Å². The van der Waals surface area contributed by atoms with E-state index in [1.165, 1.54) is 11.8 Å². The molecule has 100 valence electrons. The predicted octanol–water partition coefficient (Wildman–Crippen LogP) is 1.95. The highest BCUT2D eigenvalue weighted by atomic mass is 32.2. The number of ether oxygens (including phenoxy) is 1. The van der Waals surface area contributed by atoms with Crippen molar-refractivity contribution in [1.29, 1.82) is 0 Å². The monoisotopic (exact) mass is 277 g/mol. The maximum atomic E-state index is 6.16. The van der Waals surface area contributed by atoms with Crippen LogP contribution in [-0.2, 0) is 4.74 Å². The minimum absolute atomic E-state index is 0.0457. The smallest absolute Gasteiger partial charge is 0.187 e. The molecule has 2 aromatic rings. The summed E-state index contributed by atoms with van der Waals surface area (Å²) in [7, 11) is 0. The van der Waals surface area contributed by atoms with Crippen molar-refractivity contribution >= 4 is 17.6 Å². The second kappa shape index (κ2) is 5.18. The van der Waals surface area contributed by atoms with Gasteiger partial charge in [0.05, 0.1) is 17.5 Å². The molecular formula is C12H15N5OS. The van der Waals surface area contributed by atoms with E-state index in [-0.39, 0.29) is 6.23 Å². The Labute approximate surface area is 115 Å². The molecule has 1 fully saturated rings. The molecule has 0 amide bonds. The number of nitrogens with zero attached hydrogens (tertiary/aromatic N) is 4. The van der Waals surface area contributed by atoms with Crippen LogP contribution in [0.4, 0.5) is 5.82 Å². The van der Waals surface area contributed by atoms with Crippen molar-refractivity contribution in [2.75, 3.05) is 18.6 Å². The van der Waals surface area contributed by atoms with Crippen LogP contribution in [0.3, 0.4) is 0 Å². The summed E-state index contributed by atoms with van der Waals surface area (Å²) < 4.78 is 7.34. The molecule has 2 N–H and O–H groups in total. The Morgan fingerprint density at radius 1 is 1.53 bits per heavy atom. The van der Waals surface area contributed by atoms with Crippen molar-refractivity contribution in [2.24, 2.45) is 0 Å². The lowest BCUT2D eigenvalue weighted by Gasteiger charge is -2.11. The van der Waals surface area contributed by atoms with Crippen LogP contribution in [0, 0.1) is 0 Å². The van der Waals surface area contributed by atoms with Crippen molar-refractivity contribution in [1.82, 2.24) is 19.7 Å². The van der Waals surface area contributed by atoms with Gasteiger partial charge in [0.25, 0.3) is 0 Å². The van der Waals surface area contributed by atoms with Crippen LogP contribution in [0.15, 0.2) is 23.6 Å². The van der Waals surface area contributed by atoms with E-state index in [1.54, 1.807) is 17.1 Å². The van der Waals surface area contributed by atoms with Gasteiger partial charge >= 0.3 is 0 Å². The maximum Gasteiger partial charge on any atom is 0.187 e. The van der Waals surface area contributed by atoms with Crippen LogP contribution in [-0.4, -0.2) is 32.6 Å². The first-order valence-electron chi connectivity index (χ1n) is 6.11. The first-order valence-corrected chi connectivity index (χ1v) is 7.34. The maximum absolute atomic E-state index is 6.16. The topological polar surface area (TPSA) is 78.8 Å². The third-order valence-electron chi connectivity index (χ3n) is 3.10. The van der Waals surface area contributed by atoms with Crippen LogP contribution >= 0.6 is 11.8 Å². The molecule has 3 heterocycles. The summed E-state index contributed by atoms with van der Waals surface area (Å²) in [6, 6.07) is 1.84. The van der Waals surface area contributed by atoms with Crippen LogP contribution < -0.4 is 5.73 Å². The lowest BCUT2D eigenvalue weighted by Crippen LogP contribution is -2.12. The zero-order valence-electron chi connectivity index (χ0n) is 10.6. The van der Waals surface area contributed by atoms with Gasteiger partial charge in [-0.1, -0.05) is 11.8 Å². The van der Waals surface area contributed by atoms with E-state index in [0.29, 0.717) is 5.82 Å². The van der Waals surface area contributed by atoms with Gasteiger partial charge in [0.1, 0.15) is 5.82 Å². The first-order chi connectivity index (χ1) is 9.29. The van der Waals surface area contributed by atoms with Crippen LogP contribution in [0.2, 0.25) is 0 Å². The molecule has 0 aromatic carbocycles. The fraction of sp³-hybridized carbons (Fsp3) is 0.417. The molecule has 0 spiro atoms. The molecule has 1 saturated heterocycles. The minimum atomic E-state index is -0.0457. The number of nitrogens with two attached hydrogens (primary N) is 1. The summed E-state index contributed by atoms with van der Waals surface area (Å²) in [6.07, 6.45) is 7.36. The van der Waals surface area contributed by atoms with Crippen molar-refractivity contribution < 1.29 is 4.74 Å². The molecule has 6 nitrogen and oxygen atoms in total. The molecule has 1 aliphatic rings. The molecule has 1 unspecified atom stereocenters. The molecule has 0 bridgehead atoms. The van der Waals surface area contributed by atoms with Gasteiger partial charge < -0.3 is 10.5 Å². The highest BCUT2D eigenvalue weighted by molar-refractivity contribution is 7.98. The molecule has 0 aliphatic carbocycles. The van der Waals surface area contributed by atoms with Gasteiger partial charge in [0.2, 0.25) is 0 Å². The Bertz CT molecular complexity index is 579. The molecule has 1 aliphatic heterocycles. The largest absolute Gasteiger partial charge is 0.383 e. The summed E-state index contributed by atoms with van der Waals surface area (Å²) in [5, 5.41) is 5.05. The first kappa shape index (κ1) is 12.4. The van der Waals surface area contributed by atoms with E-state index in [2.05, 4.69) is 15.1 Å². The van der Waals surface area contributed by atoms with Gasteiger partial charge in [0.15, 0.2) is 11.4 Å². The standard InChI is InChI=1S/C12H15N5OS/c1-19-12-14-5-4-9(16-12)8-7-15-17(11(8)13)10-3-2-6-18-10/h4-5,7,10H,2-3,6,13H2,1H3. The Kier molecular flexibility index (Phi) is 3.39. The number of thioether (sulfide) groups is 1. The van der Waals surface area contributed by atoms with Crippen molar-refractivity contribution in [3.05, 3.63) is 18.5 Å². The third-order valence-corrected chi connectivity index (χ3v) is 3.67. The summed E-state index contributed by atoms with van der Waals surface area (Å²) in [4.78, 5) is 8.60. The number of anilines is 1. The molecule has 3 rings (SSSR count). The van der Waals surface area contributed by atoms with Gasteiger partial charge in [0, 0.05) is 12.8 Å². The lowest BCUT2D eigenvalue weighted by molar-refractivity contribution is 0.0486. The fourth-order valence-corrected chi connectivity index (χ4v) is 2.50. The minimum Gasteiger partial charge on any atom is -0.383 e. The molecule has 19 heavy (non-hydrogen) atoms. The number of aromatic nitrogens is 4. The molecule has 7 heteroatoms. The van der Waals surface area contributed by atoms with E-state index >= 15 is 0 Å². The summed E-state index contributed by atoms with van der Waals surface area (Å²) >= 11 is 1.50. The SMILES string of the molecule is CSc1nccc(-c2cnn(C3CCCO3)c2N)n1. The van der Waals surface area contributed by atoms with Crippen LogP contribution in [0.5, 0.6) is 0 Å². The Morgan fingerprint density at radius 3 is 3.16 bits per heavy atom. The van der Waals surface area contributed by atoms with E-state index < -0.39 is 0 Å². The van der Waals surface area contributed by atoms with E-state index in [0.717, 1.165) is 35.9 Å². The molecule has 2 aromatic heterocycles. The van der Waals surface area contributed by atoms with E-state index in [4.69, 9.17) is 10.5 Å². The highest BCUT2D eigenvalue weighted by Crippen LogP contribution is 2.30. The summed E-state index contributed by atoms with van der Waals surface area (Å²) in [6.45, 7) is 0.767. The van der Waals surface area contributed by atoms with Crippen molar-refractivity contribution in [2.45, 2.75) is 24.2 Å². The van der Waals surface area contributed by atoms with Crippen LogP contribution in [0.25, 0.3) is 11.3 Å². The van der Waals surface area contributed by atoms with E-state index in [1.807, 2.05) is 12.3 Å². The van der Waals surface area contributed by atoms with Crippen LogP contribution in [0.1, 0.15) is 19.1 Å². The second-order valence-corrected chi connectivity index (χ2v) is 5.06. The molecular weight excluding hydrogens is 262 g/mol. The average Bonchev–Trinajstić information content (AvgIpc) is 3.08. The molecule has 0 radical (unpaired) electrons.